The van der Waals surface area contributed by atoms with Crippen LogP contribution >= 0.6 is 0 Å². The van der Waals surface area contributed by atoms with Crippen LogP contribution in [-0.4, -0.2) is 62.0 Å². The van der Waals surface area contributed by atoms with Crippen molar-refractivity contribution < 1.29 is 4.79 Å². The van der Waals surface area contributed by atoms with E-state index in [1.54, 1.807) is 0 Å². The van der Waals surface area contributed by atoms with E-state index in [1.807, 2.05) is 0 Å². The van der Waals surface area contributed by atoms with Crippen LogP contribution in [0.5, 0.6) is 0 Å². The van der Waals surface area contributed by atoms with Crippen LogP contribution in [0.1, 0.15) is 23.5 Å². The summed E-state index contributed by atoms with van der Waals surface area (Å²) in [7, 11) is 2.16. The molecular formula is C18H27N3O. The topological polar surface area (TPSA) is 35.6 Å². The van der Waals surface area contributed by atoms with E-state index in [-0.39, 0.29) is 11.8 Å². The molecule has 1 aliphatic heterocycles. The number of rotatable bonds is 5. The molecule has 22 heavy (non-hydrogen) atoms. The molecule has 1 heterocycles. The van der Waals surface area contributed by atoms with Crippen molar-refractivity contribution in [1.29, 1.82) is 0 Å². The Morgan fingerprint density at radius 2 is 2.05 bits per heavy atom. The molecule has 2 fully saturated rings. The zero-order valence-corrected chi connectivity index (χ0v) is 13.7. The van der Waals surface area contributed by atoms with Gasteiger partial charge in [-0.2, -0.15) is 0 Å². The highest BCUT2D eigenvalue weighted by Gasteiger charge is 2.43. The van der Waals surface area contributed by atoms with Crippen LogP contribution in [0.25, 0.3) is 0 Å². The van der Waals surface area contributed by atoms with Gasteiger partial charge in [0.15, 0.2) is 0 Å². The Morgan fingerprint density at radius 3 is 2.77 bits per heavy atom. The molecule has 0 aromatic heterocycles. The number of hydrogen-bond acceptors (Lipinski definition) is 3. The SMILES string of the molecule is Cc1cccc([C@H]2C[C@H]2C(=O)NCCN2CCN(C)CC2)c1. The molecule has 0 unspecified atom stereocenters. The van der Waals surface area contributed by atoms with Gasteiger partial charge in [0.25, 0.3) is 0 Å². The van der Waals surface area contributed by atoms with Gasteiger partial charge >= 0.3 is 0 Å². The fourth-order valence-electron chi connectivity index (χ4n) is 3.29. The molecule has 0 spiro atoms. The molecule has 1 saturated carbocycles. The van der Waals surface area contributed by atoms with Gasteiger partial charge in [0.05, 0.1) is 0 Å². The molecule has 4 nitrogen and oxygen atoms in total. The van der Waals surface area contributed by atoms with Gasteiger partial charge in [0.2, 0.25) is 5.91 Å². The molecule has 4 heteroatoms. The minimum atomic E-state index is 0.189. The maximum absolute atomic E-state index is 12.2. The van der Waals surface area contributed by atoms with Crippen LogP contribution in [0.4, 0.5) is 0 Å². The van der Waals surface area contributed by atoms with Crippen molar-refractivity contribution in [2.45, 2.75) is 19.3 Å². The van der Waals surface area contributed by atoms with Crippen LogP contribution < -0.4 is 5.32 Å². The number of carbonyl (C=O) groups excluding carboxylic acids is 1. The molecular weight excluding hydrogens is 274 g/mol. The van der Waals surface area contributed by atoms with Gasteiger partial charge in [0, 0.05) is 45.2 Å². The van der Waals surface area contributed by atoms with E-state index in [0.717, 1.165) is 45.7 Å². The molecule has 2 atom stereocenters. The number of piperazine rings is 1. The van der Waals surface area contributed by atoms with Gasteiger partial charge in [0.1, 0.15) is 0 Å². The number of aryl methyl sites for hydroxylation is 1. The number of carbonyl (C=O) groups is 1. The number of nitrogens with zero attached hydrogens (tertiary/aromatic N) is 2. The van der Waals surface area contributed by atoms with Crippen molar-refractivity contribution in [3.8, 4) is 0 Å². The summed E-state index contributed by atoms with van der Waals surface area (Å²) in [5.41, 5.74) is 2.60. The van der Waals surface area contributed by atoms with Gasteiger partial charge in [-0.15, -0.1) is 0 Å². The first kappa shape index (κ1) is 15.5. The Hall–Kier alpha value is -1.39. The van der Waals surface area contributed by atoms with Crippen molar-refractivity contribution >= 4 is 5.91 Å². The molecule has 120 valence electrons. The highest BCUT2D eigenvalue weighted by molar-refractivity contribution is 5.82. The summed E-state index contributed by atoms with van der Waals surface area (Å²) in [5.74, 6) is 0.860. The smallest absolute Gasteiger partial charge is 0.223 e. The second-order valence-electron chi connectivity index (χ2n) is 6.80. The first-order valence-corrected chi connectivity index (χ1v) is 8.38. The minimum absolute atomic E-state index is 0.189. The molecule has 1 aromatic rings. The van der Waals surface area contributed by atoms with Crippen molar-refractivity contribution in [2.75, 3.05) is 46.3 Å². The van der Waals surface area contributed by atoms with Crippen molar-refractivity contribution in [3.05, 3.63) is 35.4 Å². The second-order valence-corrected chi connectivity index (χ2v) is 6.80. The first-order valence-electron chi connectivity index (χ1n) is 8.38. The van der Waals surface area contributed by atoms with Gasteiger partial charge in [-0.25, -0.2) is 0 Å². The Labute approximate surface area is 133 Å². The van der Waals surface area contributed by atoms with E-state index >= 15 is 0 Å². The average molecular weight is 301 g/mol. The number of hydrogen-bond donors (Lipinski definition) is 1. The lowest BCUT2D eigenvalue weighted by Gasteiger charge is -2.32. The summed E-state index contributed by atoms with van der Waals surface area (Å²) >= 11 is 0. The molecule has 2 aliphatic rings. The lowest BCUT2D eigenvalue weighted by Crippen LogP contribution is -2.47. The molecule has 0 bridgehead atoms. The minimum Gasteiger partial charge on any atom is -0.355 e. The van der Waals surface area contributed by atoms with Crippen molar-refractivity contribution in [1.82, 2.24) is 15.1 Å². The number of likely N-dealkylation sites (N-methyl/N-ethyl adjacent to an activating group) is 1. The average Bonchev–Trinajstić information content (AvgIpc) is 3.30. The maximum atomic E-state index is 12.2. The van der Waals surface area contributed by atoms with Crippen LogP contribution in [0.15, 0.2) is 24.3 Å². The Morgan fingerprint density at radius 1 is 1.27 bits per heavy atom. The van der Waals surface area contributed by atoms with E-state index in [4.69, 9.17) is 0 Å². The number of benzene rings is 1. The third-order valence-electron chi connectivity index (χ3n) is 4.92. The summed E-state index contributed by atoms with van der Waals surface area (Å²) in [4.78, 5) is 17.0. The molecule has 1 aromatic carbocycles. The summed E-state index contributed by atoms with van der Waals surface area (Å²) in [6, 6.07) is 8.56. The second kappa shape index (κ2) is 6.80. The highest BCUT2D eigenvalue weighted by Crippen LogP contribution is 2.47. The predicted octanol–water partition coefficient (Wildman–Crippen LogP) is 1.46. The molecule has 1 amide bonds. The van der Waals surface area contributed by atoms with Crippen molar-refractivity contribution in [3.63, 3.8) is 0 Å². The molecule has 1 aliphatic carbocycles. The monoisotopic (exact) mass is 301 g/mol. The van der Waals surface area contributed by atoms with Crippen LogP contribution in [0.2, 0.25) is 0 Å². The highest BCUT2D eigenvalue weighted by atomic mass is 16.2. The summed E-state index contributed by atoms with van der Waals surface area (Å²) in [5, 5.41) is 3.12. The Balaban J connectivity index is 1.39. The summed E-state index contributed by atoms with van der Waals surface area (Å²) in [6.07, 6.45) is 1.00. The van der Waals surface area contributed by atoms with Crippen LogP contribution in [0, 0.1) is 12.8 Å². The van der Waals surface area contributed by atoms with Gasteiger partial charge < -0.3 is 10.2 Å². The van der Waals surface area contributed by atoms with Gasteiger partial charge in [-0.05, 0) is 31.9 Å². The van der Waals surface area contributed by atoms with Gasteiger partial charge in [-0.3, -0.25) is 9.69 Å². The fourth-order valence-corrected chi connectivity index (χ4v) is 3.29. The zero-order chi connectivity index (χ0) is 15.5. The molecule has 1 saturated heterocycles. The maximum Gasteiger partial charge on any atom is 0.223 e. The Kier molecular flexibility index (Phi) is 4.79. The number of nitrogens with one attached hydrogen (secondary N) is 1. The van der Waals surface area contributed by atoms with Crippen molar-refractivity contribution in [2.24, 2.45) is 5.92 Å². The predicted molar refractivity (Wildman–Crippen MR) is 89.0 cm³/mol. The number of amides is 1. The first-order chi connectivity index (χ1) is 10.6. The molecule has 1 N–H and O–H groups in total. The molecule has 3 rings (SSSR count). The zero-order valence-electron chi connectivity index (χ0n) is 13.7. The fraction of sp³-hybridized carbons (Fsp3) is 0.611. The normalized spacial score (nSPS) is 25.9. The van der Waals surface area contributed by atoms with E-state index < -0.39 is 0 Å². The summed E-state index contributed by atoms with van der Waals surface area (Å²) in [6.45, 7) is 8.35. The lowest BCUT2D eigenvalue weighted by molar-refractivity contribution is -0.122. The molecule has 0 radical (unpaired) electrons. The van der Waals surface area contributed by atoms with E-state index in [1.165, 1.54) is 11.1 Å². The van der Waals surface area contributed by atoms with E-state index in [2.05, 4.69) is 53.4 Å². The quantitative estimate of drug-likeness (QED) is 0.894. The lowest BCUT2D eigenvalue weighted by atomic mass is 10.1. The van der Waals surface area contributed by atoms with E-state index in [0.29, 0.717) is 5.92 Å². The van der Waals surface area contributed by atoms with Crippen LogP contribution in [-0.2, 0) is 4.79 Å². The largest absolute Gasteiger partial charge is 0.355 e. The Bertz CT molecular complexity index is 523. The standard InChI is InChI=1S/C18H27N3O/c1-14-4-3-5-15(12-14)16-13-17(16)18(22)19-6-7-21-10-8-20(2)9-11-21/h3-5,12,16-17H,6-11,13H2,1-2H3,(H,19,22)/t16-,17-/m1/s1. The summed E-state index contributed by atoms with van der Waals surface area (Å²) < 4.78 is 0. The van der Waals surface area contributed by atoms with Gasteiger partial charge in [-0.1, -0.05) is 29.8 Å². The third-order valence-corrected chi connectivity index (χ3v) is 4.92. The third kappa shape index (κ3) is 3.87. The van der Waals surface area contributed by atoms with E-state index in [9.17, 15) is 4.79 Å². The van der Waals surface area contributed by atoms with Crippen LogP contribution in [0.3, 0.4) is 0 Å².